The number of anilines is 1. The third-order valence-electron chi connectivity index (χ3n) is 6.04. The molecule has 0 aromatic carbocycles. The number of carbonyl (C=O) groups is 1. The number of rotatable bonds is 3. The van der Waals surface area contributed by atoms with E-state index in [1.807, 2.05) is 11.8 Å². The molecule has 2 aliphatic rings. The Labute approximate surface area is 152 Å². The second-order valence-corrected chi connectivity index (χ2v) is 8.52. The number of nitrogens with zero attached hydrogens (tertiary/aromatic N) is 3. The van der Waals surface area contributed by atoms with Crippen molar-refractivity contribution in [1.29, 1.82) is 0 Å². The minimum absolute atomic E-state index is 0.0741. The van der Waals surface area contributed by atoms with Crippen LogP contribution in [0.3, 0.4) is 0 Å². The molecule has 1 aliphatic heterocycles. The first-order chi connectivity index (χ1) is 12.1. The quantitative estimate of drug-likeness (QED) is 0.906. The lowest BCUT2D eigenvalue weighted by atomic mass is 9.76. The maximum absolute atomic E-state index is 12.9. The van der Waals surface area contributed by atoms with Gasteiger partial charge in [-0.1, -0.05) is 39.0 Å². The van der Waals surface area contributed by atoms with Crippen LogP contribution >= 0.6 is 11.3 Å². The summed E-state index contributed by atoms with van der Waals surface area (Å²) in [7, 11) is 0. The minimum atomic E-state index is 0.0741. The number of likely N-dealkylation sites (tertiary alicyclic amines) is 1. The molecule has 1 amide bonds. The van der Waals surface area contributed by atoms with E-state index in [1.54, 1.807) is 0 Å². The normalized spacial score (nSPS) is 19.4. The number of hydrogen-bond acceptors (Lipinski definition) is 5. The van der Waals surface area contributed by atoms with E-state index in [2.05, 4.69) is 17.1 Å². The monoisotopic (exact) mass is 358 g/mol. The van der Waals surface area contributed by atoms with Crippen molar-refractivity contribution in [1.82, 2.24) is 15.1 Å². The molecular weight excluding hydrogens is 332 g/mol. The van der Waals surface area contributed by atoms with Crippen LogP contribution in [0.1, 0.15) is 60.0 Å². The minimum Gasteiger partial charge on any atom is -0.397 e. The second-order valence-electron chi connectivity index (χ2n) is 7.52. The number of thiophene rings is 1. The number of aromatic nitrogens is 2. The predicted molar refractivity (Wildman–Crippen MR) is 102 cm³/mol. The maximum atomic E-state index is 12.9. The van der Waals surface area contributed by atoms with Crippen molar-refractivity contribution < 1.29 is 4.79 Å². The van der Waals surface area contributed by atoms with Crippen LogP contribution in [0.5, 0.6) is 0 Å². The van der Waals surface area contributed by atoms with Crippen LogP contribution in [0.4, 0.5) is 5.69 Å². The number of hydrogen-bond donors (Lipinski definition) is 1. The highest BCUT2D eigenvalue weighted by Crippen LogP contribution is 2.39. The SMILES string of the molecule is CCc1nnc2sc(C(=O)N3CC(C4CCCCC4)C3)c(N)c2c1C. The number of nitrogens with two attached hydrogens (primary N) is 1. The van der Waals surface area contributed by atoms with Crippen LogP contribution in [-0.4, -0.2) is 34.1 Å². The number of fused-ring (bicyclic) bond motifs is 1. The number of carbonyl (C=O) groups excluding carboxylic acids is 1. The van der Waals surface area contributed by atoms with E-state index in [4.69, 9.17) is 5.73 Å². The fourth-order valence-corrected chi connectivity index (χ4v) is 5.48. The first-order valence-corrected chi connectivity index (χ1v) is 10.2. The zero-order valence-electron chi connectivity index (χ0n) is 15.0. The molecule has 3 heterocycles. The summed E-state index contributed by atoms with van der Waals surface area (Å²) in [4.78, 5) is 16.3. The largest absolute Gasteiger partial charge is 0.397 e. The Morgan fingerprint density at radius 2 is 1.92 bits per heavy atom. The highest BCUT2D eigenvalue weighted by molar-refractivity contribution is 7.21. The Bertz CT molecular complexity index is 803. The summed E-state index contributed by atoms with van der Waals surface area (Å²) in [5.41, 5.74) is 8.96. The Morgan fingerprint density at radius 3 is 2.60 bits per heavy atom. The molecule has 134 valence electrons. The lowest BCUT2D eigenvalue weighted by molar-refractivity contribution is 0.0310. The van der Waals surface area contributed by atoms with E-state index in [-0.39, 0.29) is 5.91 Å². The molecule has 1 aliphatic carbocycles. The molecule has 2 fully saturated rings. The lowest BCUT2D eigenvalue weighted by Gasteiger charge is -2.44. The fraction of sp³-hybridized carbons (Fsp3) is 0.632. The summed E-state index contributed by atoms with van der Waals surface area (Å²) in [6, 6.07) is 0. The standard InChI is InChI=1S/C19H26N4OS/c1-3-14-11(2)15-16(20)17(25-18(15)22-21-14)19(24)23-9-13(10-23)12-7-5-4-6-8-12/h12-13H,3-10,20H2,1-2H3. The molecule has 0 unspecified atom stereocenters. The first-order valence-electron chi connectivity index (χ1n) is 9.43. The topological polar surface area (TPSA) is 72.1 Å². The molecule has 6 heteroatoms. The van der Waals surface area contributed by atoms with Gasteiger partial charge in [-0.2, -0.15) is 5.10 Å². The van der Waals surface area contributed by atoms with Crippen LogP contribution in [0.15, 0.2) is 0 Å². The van der Waals surface area contributed by atoms with Gasteiger partial charge in [-0.05, 0) is 30.7 Å². The molecular formula is C19H26N4OS. The molecule has 2 aromatic rings. The van der Waals surface area contributed by atoms with Gasteiger partial charge in [0.1, 0.15) is 9.71 Å². The molecule has 2 N–H and O–H groups in total. The van der Waals surface area contributed by atoms with Crippen LogP contribution < -0.4 is 5.73 Å². The van der Waals surface area contributed by atoms with Crippen molar-refractivity contribution in [2.45, 2.75) is 52.4 Å². The first kappa shape index (κ1) is 16.8. The molecule has 0 bridgehead atoms. The zero-order valence-corrected chi connectivity index (χ0v) is 15.9. The van der Waals surface area contributed by atoms with Crippen molar-refractivity contribution in [2.75, 3.05) is 18.8 Å². The van der Waals surface area contributed by atoms with Crippen molar-refractivity contribution in [3.05, 3.63) is 16.1 Å². The molecule has 1 saturated heterocycles. The van der Waals surface area contributed by atoms with E-state index < -0.39 is 0 Å². The fourth-order valence-electron chi connectivity index (χ4n) is 4.41. The number of amides is 1. The molecule has 25 heavy (non-hydrogen) atoms. The van der Waals surface area contributed by atoms with Gasteiger partial charge in [0, 0.05) is 18.5 Å². The molecule has 4 rings (SSSR count). The summed E-state index contributed by atoms with van der Waals surface area (Å²) in [6.45, 7) is 5.86. The van der Waals surface area contributed by atoms with Gasteiger partial charge in [0.2, 0.25) is 0 Å². The van der Waals surface area contributed by atoms with Gasteiger partial charge in [-0.25, -0.2) is 0 Å². The van der Waals surface area contributed by atoms with Crippen LogP contribution in [-0.2, 0) is 6.42 Å². The summed E-state index contributed by atoms with van der Waals surface area (Å²) in [5.74, 6) is 1.58. The van der Waals surface area contributed by atoms with Crippen LogP contribution in [0.2, 0.25) is 0 Å². The summed E-state index contributed by atoms with van der Waals surface area (Å²) >= 11 is 1.39. The summed E-state index contributed by atoms with van der Waals surface area (Å²) in [6.07, 6.45) is 7.59. The number of nitrogen functional groups attached to an aromatic ring is 1. The van der Waals surface area contributed by atoms with Gasteiger partial charge in [0.25, 0.3) is 5.91 Å². The third-order valence-corrected chi connectivity index (χ3v) is 7.12. The van der Waals surface area contributed by atoms with Gasteiger partial charge in [0.05, 0.1) is 11.4 Å². The van der Waals surface area contributed by atoms with Crippen molar-refractivity contribution in [2.24, 2.45) is 11.8 Å². The average molecular weight is 359 g/mol. The van der Waals surface area contributed by atoms with Crippen LogP contribution in [0, 0.1) is 18.8 Å². The Hall–Kier alpha value is -1.69. The van der Waals surface area contributed by atoms with E-state index in [1.165, 1.54) is 43.4 Å². The summed E-state index contributed by atoms with van der Waals surface area (Å²) < 4.78 is 0. The Morgan fingerprint density at radius 1 is 1.20 bits per heavy atom. The van der Waals surface area contributed by atoms with Crippen molar-refractivity contribution >= 4 is 33.1 Å². The van der Waals surface area contributed by atoms with E-state index in [0.717, 1.165) is 46.9 Å². The number of aryl methyl sites for hydroxylation is 2. The highest BCUT2D eigenvalue weighted by atomic mass is 32.1. The molecule has 0 atom stereocenters. The van der Waals surface area contributed by atoms with E-state index in [0.29, 0.717) is 16.5 Å². The van der Waals surface area contributed by atoms with Gasteiger partial charge >= 0.3 is 0 Å². The van der Waals surface area contributed by atoms with Crippen molar-refractivity contribution in [3.8, 4) is 0 Å². The zero-order chi connectivity index (χ0) is 17.6. The van der Waals surface area contributed by atoms with Crippen LogP contribution in [0.25, 0.3) is 10.2 Å². The third kappa shape index (κ3) is 2.80. The van der Waals surface area contributed by atoms with Gasteiger partial charge in [0.15, 0.2) is 0 Å². The van der Waals surface area contributed by atoms with E-state index >= 15 is 0 Å². The van der Waals surface area contributed by atoms with Crippen molar-refractivity contribution in [3.63, 3.8) is 0 Å². The van der Waals surface area contributed by atoms with Gasteiger partial charge in [-0.15, -0.1) is 16.4 Å². The molecule has 1 saturated carbocycles. The maximum Gasteiger partial charge on any atom is 0.266 e. The Balaban J connectivity index is 1.53. The van der Waals surface area contributed by atoms with Gasteiger partial charge < -0.3 is 10.6 Å². The molecule has 0 spiro atoms. The highest BCUT2D eigenvalue weighted by Gasteiger charge is 2.38. The van der Waals surface area contributed by atoms with E-state index in [9.17, 15) is 4.79 Å². The molecule has 5 nitrogen and oxygen atoms in total. The predicted octanol–water partition coefficient (Wildman–Crippen LogP) is 3.80. The average Bonchev–Trinajstić information content (AvgIpc) is 2.92. The molecule has 0 radical (unpaired) electrons. The Kier molecular flexibility index (Phi) is 4.40. The second kappa shape index (κ2) is 6.56. The lowest BCUT2D eigenvalue weighted by Crippen LogP contribution is -2.52. The van der Waals surface area contributed by atoms with Gasteiger partial charge in [-0.3, -0.25) is 4.79 Å². The summed E-state index contributed by atoms with van der Waals surface area (Å²) in [5, 5.41) is 9.48. The smallest absolute Gasteiger partial charge is 0.266 e. The molecule has 2 aromatic heterocycles.